The van der Waals surface area contributed by atoms with Crippen LogP contribution >= 0.6 is 0 Å². The van der Waals surface area contributed by atoms with Crippen molar-refractivity contribution >= 4 is 27.6 Å². The van der Waals surface area contributed by atoms with Crippen LogP contribution < -0.4 is 4.90 Å². The summed E-state index contributed by atoms with van der Waals surface area (Å²) in [6.45, 7) is -1.24. The molecule has 0 unspecified atom stereocenters. The molecule has 4 aromatic carbocycles. The average Bonchev–Trinajstić information content (AvgIpc) is 3.84. The van der Waals surface area contributed by atoms with Gasteiger partial charge in [0.15, 0.2) is 28.2 Å². The van der Waals surface area contributed by atoms with E-state index in [1.165, 1.54) is 36.8 Å². The molecule has 1 saturated heterocycles. The van der Waals surface area contributed by atoms with Crippen LogP contribution in [-0.4, -0.2) is 42.0 Å². The van der Waals surface area contributed by atoms with E-state index in [1.807, 2.05) is 0 Å². The zero-order valence-electron chi connectivity index (χ0n) is 26.4. The molecule has 1 aliphatic heterocycles. The summed E-state index contributed by atoms with van der Waals surface area (Å²) in [5, 5.41) is 9.47. The van der Waals surface area contributed by atoms with E-state index in [0.717, 1.165) is 16.0 Å². The number of carboxylic acids is 1. The van der Waals surface area contributed by atoms with E-state index in [0.29, 0.717) is 15.4 Å². The zero-order chi connectivity index (χ0) is 36.5. The first kappa shape index (κ1) is 35.4. The molecule has 15 heteroatoms. The average molecular weight is 727 g/mol. The van der Waals surface area contributed by atoms with E-state index in [2.05, 4.69) is 0 Å². The number of rotatable bonds is 11. The number of carbonyl (C=O) groups is 2. The predicted octanol–water partition coefficient (Wildman–Crippen LogP) is 7.27. The van der Waals surface area contributed by atoms with Crippen molar-refractivity contribution in [2.24, 2.45) is 0 Å². The standard InChI is InChI=1S/C36H27F5N2O7S/c37-28-29(38)31(40)33(32(41)30(28)39)51(47,48)43-17-4-16-36(43,50-20-23-5-2-1-3-6-23)35(46)42(27-13-11-25(12-14-27)34(44)45)19-22-7-9-24(10-8-22)26-15-18-49-21-26/h1-3,5-15,18,21H,4,16-17,19-20H2,(H,44,45)/t36-/m1/s1. The fraction of sp³-hybridized carbons (Fsp3) is 0.167. The van der Waals surface area contributed by atoms with Crippen molar-refractivity contribution < 1.29 is 54.2 Å². The first-order valence-electron chi connectivity index (χ1n) is 15.3. The van der Waals surface area contributed by atoms with Crippen LogP contribution in [0.5, 0.6) is 0 Å². The Morgan fingerprint density at radius 1 is 0.804 bits per heavy atom. The molecule has 0 spiro atoms. The minimum atomic E-state index is -5.68. The highest BCUT2D eigenvalue weighted by molar-refractivity contribution is 7.89. The molecule has 1 amide bonds. The fourth-order valence-electron chi connectivity index (χ4n) is 5.89. The van der Waals surface area contributed by atoms with Crippen LogP contribution in [0.25, 0.3) is 11.1 Å². The lowest BCUT2D eigenvalue weighted by atomic mass is 10.0. The van der Waals surface area contributed by atoms with Gasteiger partial charge in [0.05, 0.1) is 31.2 Å². The monoisotopic (exact) mass is 726 g/mol. The van der Waals surface area contributed by atoms with Gasteiger partial charge in [-0.1, -0.05) is 54.6 Å². The van der Waals surface area contributed by atoms with Gasteiger partial charge in [-0.3, -0.25) is 4.79 Å². The van der Waals surface area contributed by atoms with Gasteiger partial charge in [0, 0.05) is 24.2 Å². The molecule has 0 radical (unpaired) electrons. The Hall–Kier alpha value is -5.38. The number of furan rings is 1. The summed E-state index contributed by atoms with van der Waals surface area (Å²) in [7, 11) is -5.68. The number of ether oxygens (including phenoxy) is 1. The molecule has 0 saturated carbocycles. The molecule has 2 heterocycles. The number of carboxylic acid groups (broad SMARTS) is 1. The van der Waals surface area contributed by atoms with Crippen molar-refractivity contribution in [1.82, 2.24) is 4.31 Å². The van der Waals surface area contributed by atoms with E-state index in [-0.39, 0.29) is 30.6 Å². The number of sulfonamides is 1. The van der Waals surface area contributed by atoms with Crippen LogP contribution in [-0.2, 0) is 32.7 Å². The first-order chi connectivity index (χ1) is 24.3. The maximum atomic E-state index is 15.1. The van der Waals surface area contributed by atoms with E-state index >= 15 is 8.78 Å². The Bertz CT molecular complexity index is 2160. The van der Waals surface area contributed by atoms with Gasteiger partial charge in [-0.05, 0) is 53.4 Å². The Morgan fingerprint density at radius 2 is 1.43 bits per heavy atom. The third kappa shape index (κ3) is 6.62. The maximum absolute atomic E-state index is 15.1. The third-order valence-corrected chi connectivity index (χ3v) is 10.4. The number of hydrogen-bond donors (Lipinski definition) is 1. The number of anilines is 1. The number of nitrogens with zero attached hydrogens (tertiary/aromatic N) is 2. The molecule has 1 aromatic heterocycles. The van der Waals surface area contributed by atoms with Gasteiger partial charge in [-0.15, -0.1) is 0 Å². The molecule has 0 aliphatic carbocycles. The quantitative estimate of drug-likeness (QED) is 0.0865. The normalized spacial score (nSPS) is 16.3. The molecule has 51 heavy (non-hydrogen) atoms. The Balaban J connectivity index is 1.48. The first-order valence-corrected chi connectivity index (χ1v) is 16.8. The number of carbonyl (C=O) groups excluding carboxylic acids is 1. The molecule has 0 bridgehead atoms. The van der Waals surface area contributed by atoms with Gasteiger partial charge in [-0.2, -0.15) is 4.31 Å². The summed E-state index contributed by atoms with van der Waals surface area (Å²) in [4.78, 5) is 25.6. The molecular weight excluding hydrogens is 699 g/mol. The Morgan fingerprint density at radius 3 is 2.02 bits per heavy atom. The summed E-state index contributed by atoms with van der Waals surface area (Å²) in [6.07, 6.45) is 2.53. The van der Waals surface area contributed by atoms with Crippen LogP contribution in [0, 0.1) is 29.1 Å². The molecule has 1 atom stereocenters. The van der Waals surface area contributed by atoms with Crippen molar-refractivity contribution in [3.63, 3.8) is 0 Å². The number of benzene rings is 4. The predicted molar refractivity (Wildman–Crippen MR) is 172 cm³/mol. The second-order valence-corrected chi connectivity index (χ2v) is 13.4. The van der Waals surface area contributed by atoms with Gasteiger partial charge in [0.2, 0.25) is 11.5 Å². The van der Waals surface area contributed by atoms with Crippen molar-refractivity contribution in [2.75, 3.05) is 11.4 Å². The van der Waals surface area contributed by atoms with Crippen LogP contribution in [0.4, 0.5) is 27.6 Å². The van der Waals surface area contributed by atoms with Crippen molar-refractivity contribution in [3.8, 4) is 11.1 Å². The van der Waals surface area contributed by atoms with Crippen LogP contribution in [0.2, 0.25) is 0 Å². The molecular formula is C36H27F5N2O7S. The lowest BCUT2D eigenvalue weighted by molar-refractivity contribution is -0.161. The molecule has 6 rings (SSSR count). The Kier molecular flexibility index (Phi) is 9.79. The topological polar surface area (TPSA) is 117 Å². The van der Waals surface area contributed by atoms with Crippen molar-refractivity contribution in [1.29, 1.82) is 0 Å². The van der Waals surface area contributed by atoms with Crippen molar-refractivity contribution in [3.05, 3.63) is 143 Å². The SMILES string of the molecule is O=C(O)c1ccc(N(Cc2ccc(-c3ccoc3)cc2)C(=O)[C@]2(OCc3ccccc3)CCCN2S(=O)(=O)c2c(F)c(F)c(F)c(F)c2F)cc1. The van der Waals surface area contributed by atoms with Crippen LogP contribution in [0.3, 0.4) is 0 Å². The zero-order valence-corrected chi connectivity index (χ0v) is 27.2. The molecule has 5 aromatic rings. The third-order valence-electron chi connectivity index (χ3n) is 8.47. The van der Waals surface area contributed by atoms with E-state index < -0.39 is 74.8 Å². The van der Waals surface area contributed by atoms with Gasteiger partial charge in [0.25, 0.3) is 15.9 Å². The largest absolute Gasteiger partial charge is 0.478 e. The number of aromatic carboxylic acids is 1. The number of hydrogen-bond acceptors (Lipinski definition) is 6. The van der Waals surface area contributed by atoms with E-state index in [9.17, 15) is 36.3 Å². The smallest absolute Gasteiger partial charge is 0.335 e. The van der Waals surface area contributed by atoms with E-state index in [4.69, 9.17) is 9.15 Å². The second-order valence-electron chi connectivity index (χ2n) is 11.6. The van der Waals surface area contributed by atoms with Gasteiger partial charge in [-0.25, -0.2) is 35.2 Å². The molecule has 1 N–H and O–H groups in total. The van der Waals surface area contributed by atoms with Gasteiger partial charge < -0.3 is 19.2 Å². The minimum Gasteiger partial charge on any atom is -0.478 e. The molecule has 9 nitrogen and oxygen atoms in total. The van der Waals surface area contributed by atoms with Gasteiger partial charge in [0.1, 0.15) is 0 Å². The number of amides is 1. The molecule has 264 valence electrons. The lowest BCUT2D eigenvalue weighted by Gasteiger charge is -2.39. The second kappa shape index (κ2) is 14.1. The summed E-state index contributed by atoms with van der Waals surface area (Å²) in [5.74, 6) is -15.0. The molecule has 1 aliphatic rings. The Labute approximate surface area is 288 Å². The fourth-order valence-corrected chi connectivity index (χ4v) is 7.72. The summed E-state index contributed by atoms with van der Waals surface area (Å²) in [6, 6.07) is 21.9. The highest BCUT2D eigenvalue weighted by Gasteiger charge is 2.57. The summed E-state index contributed by atoms with van der Waals surface area (Å²) < 4.78 is 113. The van der Waals surface area contributed by atoms with Gasteiger partial charge >= 0.3 is 5.97 Å². The highest BCUT2D eigenvalue weighted by Crippen LogP contribution is 2.41. The molecule has 1 fully saturated rings. The summed E-state index contributed by atoms with van der Waals surface area (Å²) >= 11 is 0. The summed E-state index contributed by atoms with van der Waals surface area (Å²) in [5.41, 5.74) is -0.0756. The van der Waals surface area contributed by atoms with Crippen LogP contribution in [0.15, 0.2) is 107 Å². The lowest BCUT2D eigenvalue weighted by Crippen LogP contribution is -2.60. The highest BCUT2D eigenvalue weighted by atomic mass is 32.2. The van der Waals surface area contributed by atoms with Crippen molar-refractivity contribution in [2.45, 2.75) is 36.6 Å². The number of halogens is 5. The van der Waals surface area contributed by atoms with Crippen LogP contribution in [0.1, 0.15) is 34.3 Å². The van der Waals surface area contributed by atoms with E-state index in [1.54, 1.807) is 60.7 Å². The minimum absolute atomic E-state index is 0.0899. The maximum Gasteiger partial charge on any atom is 0.335 e.